The molecule has 0 radical (unpaired) electrons. The van der Waals surface area contributed by atoms with E-state index >= 15 is 0 Å². The van der Waals surface area contributed by atoms with E-state index in [4.69, 9.17) is 0 Å². The molecule has 0 amide bonds. The van der Waals surface area contributed by atoms with Gasteiger partial charge in [0.2, 0.25) is 0 Å². The molecule has 0 spiro atoms. The van der Waals surface area contributed by atoms with E-state index in [9.17, 15) is 5.11 Å². The normalized spacial score (nSPS) is 10.8. The number of fused-ring (bicyclic) bond motifs is 1. The van der Waals surface area contributed by atoms with Crippen molar-refractivity contribution in [3.05, 3.63) is 72.1 Å². The fraction of sp³-hybridized carbons (Fsp3) is 0.118. The number of aromatic hydroxyl groups is 1. The maximum absolute atomic E-state index is 9.25. The van der Waals surface area contributed by atoms with Gasteiger partial charge in [0.25, 0.3) is 0 Å². The molecule has 0 bridgehead atoms. The van der Waals surface area contributed by atoms with Crippen LogP contribution in [0.25, 0.3) is 10.8 Å². The molecular formula is C17H16N2O. The van der Waals surface area contributed by atoms with Crippen molar-refractivity contribution in [1.82, 2.24) is 10.3 Å². The average Bonchev–Trinajstić information content (AvgIpc) is 2.49. The fourth-order valence-electron chi connectivity index (χ4n) is 2.30. The van der Waals surface area contributed by atoms with Crippen LogP contribution in [0.1, 0.15) is 11.1 Å². The third-order valence-corrected chi connectivity index (χ3v) is 3.35. The summed E-state index contributed by atoms with van der Waals surface area (Å²) in [6.45, 7) is 1.59. The highest BCUT2D eigenvalue weighted by Gasteiger charge is 2.00. The van der Waals surface area contributed by atoms with E-state index in [-0.39, 0.29) is 0 Å². The third kappa shape index (κ3) is 2.78. The standard InChI is InChI=1S/C17H16N2O/c20-16-6-4-13(5-7-16)10-19-12-15-3-1-2-14-11-18-9-8-17(14)15/h1-9,11,19-20H,10,12H2. The van der Waals surface area contributed by atoms with Crippen molar-refractivity contribution in [1.29, 1.82) is 0 Å². The van der Waals surface area contributed by atoms with Crippen LogP contribution in [-0.2, 0) is 13.1 Å². The quantitative estimate of drug-likeness (QED) is 0.760. The summed E-state index contributed by atoms with van der Waals surface area (Å²) in [6, 6.07) is 15.6. The molecule has 3 aromatic rings. The molecule has 0 atom stereocenters. The summed E-state index contributed by atoms with van der Waals surface area (Å²) in [6.07, 6.45) is 3.71. The number of hydrogen-bond acceptors (Lipinski definition) is 3. The van der Waals surface area contributed by atoms with Gasteiger partial charge in [-0.1, -0.05) is 30.3 Å². The van der Waals surface area contributed by atoms with E-state index in [2.05, 4.69) is 28.5 Å². The van der Waals surface area contributed by atoms with Gasteiger partial charge >= 0.3 is 0 Å². The SMILES string of the molecule is Oc1ccc(CNCc2cccc3cnccc23)cc1. The van der Waals surface area contributed by atoms with E-state index < -0.39 is 0 Å². The van der Waals surface area contributed by atoms with Crippen LogP contribution < -0.4 is 5.32 Å². The van der Waals surface area contributed by atoms with Crippen molar-refractivity contribution in [2.75, 3.05) is 0 Å². The van der Waals surface area contributed by atoms with Gasteiger partial charge in [0, 0.05) is 30.9 Å². The van der Waals surface area contributed by atoms with Gasteiger partial charge in [-0.05, 0) is 34.7 Å². The third-order valence-electron chi connectivity index (χ3n) is 3.35. The molecule has 3 nitrogen and oxygen atoms in total. The zero-order valence-corrected chi connectivity index (χ0v) is 11.1. The Bertz CT molecular complexity index is 702. The molecule has 0 aliphatic rings. The summed E-state index contributed by atoms with van der Waals surface area (Å²) < 4.78 is 0. The summed E-state index contributed by atoms with van der Waals surface area (Å²) in [4.78, 5) is 4.15. The van der Waals surface area contributed by atoms with Crippen molar-refractivity contribution in [3.63, 3.8) is 0 Å². The molecule has 2 aromatic carbocycles. The number of aromatic nitrogens is 1. The molecule has 0 saturated heterocycles. The Labute approximate surface area is 117 Å². The van der Waals surface area contributed by atoms with E-state index in [1.54, 1.807) is 12.1 Å². The number of phenolic OH excluding ortho intramolecular Hbond substituents is 1. The second-order valence-electron chi connectivity index (χ2n) is 4.78. The summed E-state index contributed by atoms with van der Waals surface area (Å²) in [7, 11) is 0. The topological polar surface area (TPSA) is 45.1 Å². The fourth-order valence-corrected chi connectivity index (χ4v) is 2.30. The molecule has 0 aliphatic carbocycles. The highest BCUT2D eigenvalue weighted by Crippen LogP contribution is 2.17. The molecule has 0 aliphatic heterocycles. The Morgan fingerprint density at radius 2 is 1.80 bits per heavy atom. The van der Waals surface area contributed by atoms with Crippen LogP contribution in [0.2, 0.25) is 0 Å². The summed E-state index contributed by atoms with van der Waals surface area (Å²) in [5, 5.41) is 15.1. The molecule has 0 saturated carbocycles. The van der Waals surface area contributed by atoms with Gasteiger partial charge in [-0.2, -0.15) is 0 Å². The largest absolute Gasteiger partial charge is 0.508 e. The van der Waals surface area contributed by atoms with Crippen LogP contribution in [0.4, 0.5) is 0 Å². The van der Waals surface area contributed by atoms with Crippen LogP contribution >= 0.6 is 0 Å². The van der Waals surface area contributed by atoms with Crippen LogP contribution in [-0.4, -0.2) is 10.1 Å². The molecule has 1 heterocycles. The smallest absolute Gasteiger partial charge is 0.115 e. The highest BCUT2D eigenvalue weighted by atomic mass is 16.3. The first kappa shape index (κ1) is 12.6. The number of hydrogen-bond donors (Lipinski definition) is 2. The molecule has 1 aromatic heterocycles. The Morgan fingerprint density at radius 1 is 0.950 bits per heavy atom. The lowest BCUT2D eigenvalue weighted by molar-refractivity contribution is 0.475. The predicted molar refractivity (Wildman–Crippen MR) is 80.4 cm³/mol. The maximum Gasteiger partial charge on any atom is 0.115 e. The molecule has 0 fully saturated rings. The number of pyridine rings is 1. The second-order valence-corrected chi connectivity index (χ2v) is 4.78. The molecule has 3 rings (SSSR count). The Morgan fingerprint density at radius 3 is 2.65 bits per heavy atom. The number of rotatable bonds is 4. The lowest BCUT2D eigenvalue weighted by Crippen LogP contribution is -2.12. The first-order valence-electron chi connectivity index (χ1n) is 6.63. The molecule has 3 heteroatoms. The van der Waals surface area contributed by atoms with Gasteiger partial charge in [0.1, 0.15) is 5.75 Å². The second kappa shape index (κ2) is 5.72. The zero-order valence-electron chi connectivity index (χ0n) is 11.1. The van der Waals surface area contributed by atoms with Gasteiger partial charge in [-0.15, -0.1) is 0 Å². The Hall–Kier alpha value is -2.39. The minimum Gasteiger partial charge on any atom is -0.508 e. The molecule has 20 heavy (non-hydrogen) atoms. The average molecular weight is 264 g/mol. The summed E-state index contributed by atoms with van der Waals surface area (Å²) in [5.41, 5.74) is 2.42. The van der Waals surface area contributed by atoms with E-state index in [0.29, 0.717) is 5.75 Å². The maximum atomic E-state index is 9.25. The van der Waals surface area contributed by atoms with E-state index in [1.807, 2.05) is 30.6 Å². The molecule has 2 N–H and O–H groups in total. The van der Waals surface area contributed by atoms with E-state index in [0.717, 1.165) is 24.0 Å². The molecule has 0 unspecified atom stereocenters. The van der Waals surface area contributed by atoms with Gasteiger partial charge in [-0.3, -0.25) is 4.98 Å². The van der Waals surface area contributed by atoms with Crippen molar-refractivity contribution in [3.8, 4) is 5.75 Å². The van der Waals surface area contributed by atoms with E-state index in [1.165, 1.54) is 10.9 Å². The summed E-state index contributed by atoms with van der Waals surface area (Å²) >= 11 is 0. The number of benzene rings is 2. The minimum atomic E-state index is 0.301. The van der Waals surface area contributed by atoms with Gasteiger partial charge in [0.05, 0.1) is 0 Å². The number of nitrogens with one attached hydrogen (secondary N) is 1. The van der Waals surface area contributed by atoms with Crippen molar-refractivity contribution >= 4 is 10.8 Å². The minimum absolute atomic E-state index is 0.301. The Kier molecular flexibility index (Phi) is 3.61. The summed E-state index contributed by atoms with van der Waals surface area (Å²) in [5.74, 6) is 0.301. The predicted octanol–water partition coefficient (Wildman–Crippen LogP) is 3.23. The number of nitrogens with zero attached hydrogens (tertiary/aromatic N) is 1. The monoisotopic (exact) mass is 264 g/mol. The Balaban J connectivity index is 1.69. The first-order valence-corrected chi connectivity index (χ1v) is 6.63. The lowest BCUT2D eigenvalue weighted by Gasteiger charge is -2.08. The molecular weight excluding hydrogens is 248 g/mol. The van der Waals surface area contributed by atoms with Crippen LogP contribution in [0.5, 0.6) is 5.75 Å². The number of phenols is 1. The van der Waals surface area contributed by atoms with Crippen LogP contribution in [0, 0.1) is 0 Å². The van der Waals surface area contributed by atoms with Crippen molar-refractivity contribution in [2.45, 2.75) is 13.1 Å². The van der Waals surface area contributed by atoms with Gasteiger partial charge < -0.3 is 10.4 Å². The van der Waals surface area contributed by atoms with Crippen molar-refractivity contribution < 1.29 is 5.11 Å². The van der Waals surface area contributed by atoms with Gasteiger partial charge in [0.15, 0.2) is 0 Å². The highest BCUT2D eigenvalue weighted by molar-refractivity contribution is 5.84. The van der Waals surface area contributed by atoms with Gasteiger partial charge in [-0.25, -0.2) is 0 Å². The lowest BCUT2D eigenvalue weighted by atomic mass is 10.1. The zero-order chi connectivity index (χ0) is 13.8. The molecule has 100 valence electrons. The first-order chi connectivity index (χ1) is 9.83. The van der Waals surface area contributed by atoms with Crippen LogP contribution in [0.3, 0.4) is 0 Å². The van der Waals surface area contributed by atoms with Crippen LogP contribution in [0.15, 0.2) is 60.9 Å². The van der Waals surface area contributed by atoms with Crippen molar-refractivity contribution in [2.24, 2.45) is 0 Å².